The SMILES string of the molecule is COc1ccc(Nc2c(C3CCC(N)CC3)c(N)nn3ccnc23)cc1. The van der Waals surface area contributed by atoms with Crippen molar-refractivity contribution in [3.63, 3.8) is 0 Å². The average molecular weight is 352 g/mol. The largest absolute Gasteiger partial charge is 0.497 e. The Morgan fingerprint density at radius 3 is 2.58 bits per heavy atom. The highest BCUT2D eigenvalue weighted by Crippen LogP contribution is 2.41. The van der Waals surface area contributed by atoms with Gasteiger partial charge in [0.25, 0.3) is 0 Å². The fourth-order valence-electron chi connectivity index (χ4n) is 3.74. The maximum Gasteiger partial charge on any atom is 0.177 e. The second-order valence-corrected chi connectivity index (χ2v) is 6.83. The predicted molar refractivity (Wildman–Crippen MR) is 103 cm³/mol. The first kappa shape index (κ1) is 16.7. The Kier molecular flexibility index (Phi) is 4.38. The lowest BCUT2D eigenvalue weighted by Crippen LogP contribution is -2.26. The maximum absolute atomic E-state index is 6.36. The lowest BCUT2D eigenvalue weighted by atomic mass is 9.81. The van der Waals surface area contributed by atoms with Crippen molar-refractivity contribution in [2.75, 3.05) is 18.2 Å². The average Bonchev–Trinajstić information content (AvgIpc) is 3.12. The number of ether oxygens (including phenoxy) is 1. The minimum Gasteiger partial charge on any atom is -0.497 e. The van der Waals surface area contributed by atoms with Crippen LogP contribution in [-0.2, 0) is 0 Å². The van der Waals surface area contributed by atoms with Crippen LogP contribution >= 0.6 is 0 Å². The maximum atomic E-state index is 6.36. The van der Waals surface area contributed by atoms with Crippen LogP contribution in [-0.4, -0.2) is 27.7 Å². The molecule has 1 fully saturated rings. The zero-order chi connectivity index (χ0) is 18.1. The number of anilines is 3. The van der Waals surface area contributed by atoms with Crippen LogP contribution in [0.4, 0.5) is 17.2 Å². The number of hydrogen-bond donors (Lipinski definition) is 3. The lowest BCUT2D eigenvalue weighted by molar-refractivity contribution is 0.396. The number of nitrogens with zero attached hydrogens (tertiary/aromatic N) is 3. The van der Waals surface area contributed by atoms with Crippen molar-refractivity contribution in [2.24, 2.45) is 5.73 Å². The molecule has 1 saturated carbocycles. The molecular formula is C19H24N6O. The number of hydrogen-bond acceptors (Lipinski definition) is 6. The molecule has 1 aliphatic carbocycles. The Bertz CT molecular complexity index is 896. The van der Waals surface area contributed by atoms with E-state index in [1.54, 1.807) is 17.8 Å². The number of imidazole rings is 1. The molecule has 4 rings (SSSR count). The molecule has 0 unspecified atom stereocenters. The van der Waals surface area contributed by atoms with Crippen molar-refractivity contribution in [3.05, 3.63) is 42.2 Å². The first-order chi connectivity index (χ1) is 12.7. The van der Waals surface area contributed by atoms with Crippen LogP contribution in [0, 0.1) is 0 Å². The third-order valence-electron chi connectivity index (χ3n) is 5.15. The zero-order valence-electron chi connectivity index (χ0n) is 14.9. The van der Waals surface area contributed by atoms with Crippen LogP contribution in [0.15, 0.2) is 36.7 Å². The molecule has 7 heteroatoms. The van der Waals surface area contributed by atoms with Crippen LogP contribution in [0.25, 0.3) is 5.65 Å². The van der Waals surface area contributed by atoms with E-state index >= 15 is 0 Å². The van der Waals surface area contributed by atoms with E-state index in [2.05, 4.69) is 15.4 Å². The molecule has 0 spiro atoms. The van der Waals surface area contributed by atoms with E-state index < -0.39 is 0 Å². The molecule has 1 aliphatic rings. The van der Waals surface area contributed by atoms with Crippen LogP contribution in [0.5, 0.6) is 5.75 Å². The van der Waals surface area contributed by atoms with Crippen LogP contribution < -0.4 is 21.5 Å². The molecule has 2 aromatic heterocycles. The van der Waals surface area contributed by atoms with Crippen molar-refractivity contribution < 1.29 is 4.74 Å². The van der Waals surface area contributed by atoms with Gasteiger partial charge in [-0.15, -0.1) is 5.10 Å². The number of methoxy groups -OCH3 is 1. The molecule has 2 heterocycles. The van der Waals surface area contributed by atoms with E-state index in [0.29, 0.717) is 11.7 Å². The number of nitrogens with two attached hydrogens (primary N) is 2. The van der Waals surface area contributed by atoms with Crippen molar-refractivity contribution in [3.8, 4) is 5.75 Å². The summed E-state index contributed by atoms with van der Waals surface area (Å²) in [5.74, 6) is 1.70. The summed E-state index contributed by atoms with van der Waals surface area (Å²) in [5.41, 5.74) is 16.1. The Hall–Kier alpha value is -2.80. The molecule has 0 saturated heterocycles. The minimum atomic E-state index is 0.286. The molecule has 0 aliphatic heterocycles. The molecule has 1 aromatic carbocycles. The van der Waals surface area contributed by atoms with Gasteiger partial charge < -0.3 is 21.5 Å². The van der Waals surface area contributed by atoms with Crippen molar-refractivity contribution in [1.82, 2.24) is 14.6 Å². The van der Waals surface area contributed by atoms with E-state index in [1.165, 1.54) is 0 Å². The third kappa shape index (κ3) is 3.06. The van der Waals surface area contributed by atoms with E-state index in [-0.39, 0.29) is 6.04 Å². The van der Waals surface area contributed by atoms with E-state index in [0.717, 1.165) is 54.0 Å². The summed E-state index contributed by atoms with van der Waals surface area (Å²) in [6.07, 6.45) is 7.59. The van der Waals surface area contributed by atoms with Crippen LogP contribution in [0.1, 0.15) is 37.2 Å². The zero-order valence-corrected chi connectivity index (χ0v) is 14.9. The number of rotatable bonds is 4. The Balaban J connectivity index is 1.77. The number of aromatic nitrogens is 3. The van der Waals surface area contributed by atoms with Gasteiger partial charge in [-0.05, 0) is 55.9 Å². The summed E-state index contributed by atoms with van der Waals surface area (Å²) >= 11 is 0. The molecule has 0 atom stereocenters. The smallest absolute Gasteiger partial charge is 0.177 e. The highest BCUT2D eigenvalue weighted by Gasteiger charge is 2.27. The number of nitrogen functional groups attached to an aromatic ring is 1. The number of nitrogens with one attached hydrogen (secondary N) is 1. The Morgan fingerprint density at radius 2 is 1.88 bits per heavy atom. The van der Waals surface area contributed by atoms with Gasteiger partial charge >= 0.3 is 0 Å². The summed E-state index contributed by atoms with van der Waals surface area (Å²) in [5, 5.41) is 8.01. The first-order valence-corrected chi connectivity index (χ1v) is 8.95. The van der Waals surface area contributed by atoms with Gasteiger partial charge in [0.05, 0.1) is 12.8 Å². The summed E-state index contributed by atoms with van der Waals surface area (Å²) < 4.78 is 6.96. The molecule has 26 heavy (non-hydrogen) atoms. The van der Waals surface area contributed by atoms with Gasteiger partial charge in [-0.1, -0.05) is 0 Å². The topological polar surface area (TPSA) is 103 Å². The lowest BCUT2D eigenvalue weighted by Gasteiger charge is -2.28. The third-order valence-corrected chi connectivity index (χ3v) is 5.15. The van der Waals surface area contributed by atoms with Crippen molar-refractivity contribution in [1.29, 1.82) is 0 Å². The summed E-state index contributed by atoms with van der Waals surface area (Å²) in [7, 11) is 1.66. The first-order valence-electron chi connectivity index (χ1n) is 8.95. The van der Waals surface area contributed by atoms with E-state index in [1.807, 2.05) is 30.5 Å². The molecule has 7 nitrogen and oxygen atoms in total. The van der Waals surface area contributed by atoms with Crippen molar-refractivity contribution in [2.45, 2.75) is 37.6 Å². The molecule has 3 aromatic rings. The van der Waals surface area contributed by atoms with Gasteiger partial charge in [-0.3, -0.25) is 0 Å². The second-order valence-electron chi connectivity index (χ2n) is 6.83. The quantitative estimate of drug-likeness (QED) is 0.667. The van der Waals surface area contributed by atoms with Gasteiger partial charge in [0.15, 0.2) is 5.65 Å². The Labute approximate surface area is 152 Å². The number of benzene rings is 1. The van der Waals surface area contributed by atoms with Gasteiger partial charge in [-0.25, -0.2) is 9.50 Å². The van der Waals surface area contributed by atoms with E-state index in [9.17, 15) is 0 Å². The fourth-order valence-corrected chi connectivity index (χ4v) is 3.74. The molecular weight excluding hydrogens is 328 g/mol. The number of fused-ring (bicyclic) bond motifs is 1. The molecule has 0 bridgehead atoms. The standard InChI is InChI=1S/C19H24N6O/c1-26-15-8-6-14(7-9-15)23-17-16(12-2-4-13(20)5-3-12)18(21)24-25-11-10-22-19(17)25/h6-13,23H,2-5,20H2,1H3,(H2,21,24). The fraction of sp³-hybridized carbons (Fsp3) is 0.368. The highest BCUT2D eigenvalue weighted by atomic mass is 16.5. The molecule has 5 N–H and O–H groups in total. The van der Waals surface area contributed by atoms with E-state index in [4.69, 9.17) is 16.2 Å². The van der Waals surface area contributed by atoms with Crippen molar-refractivity contribution >= 4 is 22.8 Å². The summed E-state index contributed by atoms with van der Waals surface area (Å²) in [6.45, 7) is 0. The highest BCUT2D eigenvalue weighted by molar-refractivity contribution is 5.80. The Morgan fingerprint density at radius 1 is 1.15 bits per heavy atom. The van der Waals surface area contributed by atoms with Gasteiger partial charge in [0.2, 0.25) is 0 Å². The normalized spacial score (nSPS) is 20.2. The van der Waals surface area contributed by atoms with Gasteiger partial charge in [0, 0.05) is 29.7 Å². The molecule has 0 amide bonds. The summed E-state index contributed by atoms with van der Waals surface area (Å²) in [6, 6.07) is 8.10. The minimum absolute atomic E-state index is 0.286. The summed E-state index contributed by atoms with van der Waals surface area (Å²) in [4.78, 5) is 4.49. The second kappa shape index (κ2) is 6.84. The van der Waals surface area contributed by atoms with Crippen LogP contribution in [0.3, 0.4) is 0 Å². The molecule has 136 valence electrons. The van der Waals surface area contributed by atoms with Crippen LogP contribution in [0.2, 0.25) is 0 Å². The molecule has 0 radical (unpaired) electrons. The van der Waals surface area contributed by atoms with Gasteiger partial charge in [-0.2, -0.15) is 0 Å². The predicted octanol–water partition coefficient (Wildman–Crippen LogP) is 3.05. The monoisotopic (exact) mass is 352 g/mol. The van der Waals surface area contributed by atoms with Gasteiger partial charge in [0.1, 0.15) is 11.6 Å².